The molecule has 0 unspecified atom stereocenters. The second-order valence-corrected chi connectivity index (χ2v) is 5.59. The van der Waals surface area contributed by atoms with Gasteiger partial charge in [0, 0.05) is 11.1 Å². The fraction of sp³-hybridized carbons (Fsp3) is 0.130. The third kappa shape index (κ3) is 4.81. The second kappa shape index (κ2) is 9.12. The Hall–Kier alpha value is -3.96. The quantitative estimate of drug-likeness (QED) is 0.662. The highest BCUT2D eigenvalue weighted by atomic mass is 16.5. The van der Waals surface area contributed by atoms with Crippen molar-refractivity contribution in [2.45, 2.75) is 0 Å². The Morgan fingerprint density at radius 3 is 2.00 bits per heavy atom. The van der Waals surface area contributed by atoms with Crippen molar-refractivity contribution in [1.29, 1.82) is 0 Å². The minimum absolute atomic E-state index is 0.534. The summed E-state index contributed by atoms with van der Waals surface area (Å²) in [6.07, 6.45) is 3.21. The number of hydrogen-bond donors (Lipinski definition) is 0. The van der Waals surface area contributed by atoms with Crippen LogP contribution >= 0.6 is 0 Å². The first-order valence-electron chi connectivity index (χ1n) is 8.44. The summed E-state index contributed by atoms with van der Waals surface area (Å²) in [7, 11) is 4.81. The highest BCUT2D eigenvalue weighted by molar-refractivity contribution is 5.50. The number of aromatic nitrogens is 2. The molecule has 0 radical (unpaired) electrons. The summed E-state index contributed by atoms with van der Waals surface area (Å²) in [5.74, 6) is 14.1. The number of ether oxygens (including phenoxy) is 3. The second-order valence-electron chi connectivity index (χ2n) is 5.59. The van der Waals surface area contributed by atoms with E-state index in [0.717, 1.165) is 16.9 Å². The normalized spacial score (nSPS) is 9.39. The molecular formula is C23H18N2O3. The standard InChI is InChI=1S/C23H18N2O3/c1-26-21-6-4-5-17(13-21)7-10-19-15-24-16-20(25-19)11-8-18-9-12-22(27-2)23(14-18)28-3/h4-6,9,12-16H,1-3H3. The molecule has 0 amide bonds. The molecule has 3 rings (SSSR count). The summed E-state index contributed by atoms with van der Waals surface area (Å²) in [6, 6.07) is 13.0. The van der Waals surface area contributed by atoms with Crippen LogP contribution in [0, 0.1) is 23.7 Å². The van der Waals surface area contributed by atoms with E-state index in [0.29, 0.717) is 22.9 Å². The largest absolute Gasteiger partial charge is 0.497 e. The smallest absolute Gasteiger partial charge is 0.161 e. The number of benzene rings is 2. The Balaban J connectivity index is 1.82. The van der Waals surface area contributed by atoms with Crippen molar-refractivity contribution in [2.24, 2.45) is 0 Å². The van der Waals surface area contributed by atoms with Gasteiger partial charge in [-0.1, -0.05) is 17.9 Å². The lowest BCUT2D eigenvalue weighted by Crippen LogP contribution is -1.91. The number of rotatable bonds is 3. The molecule has 0 saturated carbocycles. The van der Waals surface area contributed by atoms with E-state index in [-0.39, 0.29) is 0 Å². The van der Waals surface area contributed by atoms with Gasteiger partial charge in [0.05, 0.1) is 33.7 Å². The third-order valence-corrected chi connectivity index (χ3v) is 3.76. The van der Waals surface area contributed by atoms with Crippen LogP contribution in [0.5, 0.6) is 17.2 Å². The van der Waals surface area contributed by atoms with Crippen LogP contribution in [0.2, 0.25) is 0 Å². The van der Waals surface area contributed by atoms with Crippen molar-refractivity contribution in [3.8, 4) is 40.9 Å². The van der Waals surface area contributed by atoms with Crippen molar-refractivity contribution in [1.82, 2.24) is 9.97 Å². The average Bonchev–Trinajstić information content (AvgIpc) is 2.76. The lowest BCUT2D eigenvalue weighted by molar-refractivity contribution is 0.355. The van der Waals surface area contributed by atoms with Gasteiger partial charge in [-0.15, -0.1) is 0 Å². The van der Waals surface area contributed by atoms with Gasteiger partial charge in [0.25, 0.3) is 0 Å². The van der Waals surface area contributed by atoms with Crippen molar-refractivity contribution in [2.75, 3.05) is 21.3 Å². The average molecular weight is 370 g/mol. The van der Waals surface area contributed by atoms with Gasteiger partial charge in [0.2, 0.25) is 0 Å². The highest BCUT2D eigenvalue weighted by Crippen LogP contribution is 2.27. The van der Waals surface area contributed by atoms with Gasteiger partial charge in [0.15, 0.2) is 11.5 Å². The van der Waals surface area contributed by atoms with E-state index in [2.05, 4.69) is 33.6 Å². The van der Waals surface area contributed by atoms with Crippen LogP contribution in [-0.4, -0.2) is 31.3 Å². The summed E-state index contributed by atoms with van der Waals surface area (Å²) in [5, 5.41) is 0. The zero-order valence-corrected chi connectivity index (χ0v) is 15.8. The molecule has 0 atom stereocenters. The van der Waals surface area contributed by atoms with Crippen LogP contribution in [0.3, 0.4) is 0 Å². The molecule has 3 aromatic rings. The molecule has 0 N–H and O–H groups in total. The third-order valence-electron chi connectivity index (χ3n) is 3.76. The van der Waals surface area contributed by atoms with Gasteiger partial charge < -0.3 is 14.2 Å². The molecule has 28 heavy (non-hydrogen) atoms. The molecule has 1 aromatic heterocycles. The fourth-order valence-corrected chi connectivity index (χ4v) is 2.37. The molecule has 0 bridgehead atoms. The summed E-state index contributed by atoms with van der Waals surface area (Å²) < 4.78 is 15.7. The summed E-state index contributed by atoms with van der Waals surface area (Å²) >= 11 is 0. The Bertz CT molecular complexity index is 1100. The molecule has 0 aliphatic carbocycles. The first-order valence-corrected chi connectivity index (χ1v) is 8.44. The molecule has 0 fully saturated rings. The van der Waals surface area contributed by atoms with Crippen LogP contribution in [0.15, 0.2) is 54.9 Å². The van der Waals surface area contributed by atoms with E-state index in [4.69, 9.17) is 14.2 Å². The molecule has 0 saturated heterocycles. The van der Waals surface area contributed by atoms with Gasteiger partial charge in [-0.05, 0) is 48.2 Å². The zero-order valence-electron chi connectivity index (χ0n) is 15.8. The molecule has 1 heterocycles. The van der Waals surface area contributed by atoms with Crippen LogP contribution in [-0.2, 0) is 0 Å². The lowest BCUT2D eigenvalue weighted by Gasteiger charge is -2.06. The maximum atomic E-state index is 5.29. The van der Waals surface area contributed by atoms with E-state index in [9.17, 15) is 0 Å². The van der Waals surface area contributed by atoms with Gasteiger partial charge in [0.1, 0.15) is 17.1 Å². The Morgan fingerprint density at radius 2 is 1.36 bits per heavy atom. The molecule has 5 nitrogen and oxygen atoms in total. The molecule has 138 valence electrons. The van der Waals surface area contributed by atoms with Crippen LogP contribution < -0.4 is 14.2 Å². The van der Waals surface area contributed by atoms with E-state index in [1.807, 2.05) is 42.5 Å². The van der Waals surface area contributed by atoms with E-state index in [1.165, 1.54) is 0 Å². The van der Waals surface area contributed by atoms with Crippen LogP contribution in [0.4, 0.5) is 0 Å². The molecule has 0 aliphatic rings. The number of methoxy groups -OCH3 is 3. The number of hydrogen-bond acceptors (Lipinski definition) is 5. The first kappa shape index (κ1) is 18.8. The van der Waals surface area contributed by atoms with Crippen molar-refractivity contribution >= 4 is 0 Å². The molecule has 5 heteroatoms. The monoisotopic (exact) mass is 370 g/mol. The summed E-state index contributed by atoms with van der Waals surface area (Å²) in [5.41, 5.74) is 2.70. The van der Waals surface area contributed by atoms with Gasteiger partial charge in [-0.2, -0.15) is 0 Å². The van der Waals surface area contributed by atoms with Crippen molar-refractivity contribution < 1.29 is 14.2 Å². The lowest BCUT2D eigenvalue weighted by atomic mass is 10.2. The Labute approximate surface area is 164 Å². The van der Waals surface area contributed by atoms with Gasteiger partial charge in [-0.3, -0.25) is 4.98 Å². The minimum atomic E-state index is 0.534. The molecule has 2 aromatic carbocycles. The summed E-state index contributed by atoms with van der Waals surface area (Å²) in [6.45, 7) is 0. The van der Waals surface area contributed by atoms with Gasteiger partial charge in [-0.25, -0.2) is 4.98 Å². The molecule has 0 spiro atoms. The predicted molar refractivity (Wildman–Crippen MR) is 107 cm³/mol. The Kier molecular flexibility index (Phi) is 6.13. The van der Waals surface area contributed by atoms with Crippen molar-refractivity contribution in [3.05, 3.63) is 77.4 Å². The van der Waals surface area contributed by atoms with E-state index in [1.54, 1.807) is 33.7 Å². The van der Waals surface area contributed by atoms with Crippen LogP contribution in [0.25, 0.3) is 0 Å². The topological polar surface area (TPSA) is 53.5 Å². The SMILES string of the molecule is COc1cccc(C#Cc2cncc(C#Cc3ccc(OC)c(OC)c3)n2)c1. The van der Waals surface area contributed by atoms with Crippen LogP contribution in [0.1, 0.15) is 22.5 Å². The van der Waals surface area contributed by atoms with Crippen molar-refractivity contribution in [3.63, 3.8) is 0 Å². The summed E-state index contributed by atoms with van der Waals surface area (Å²) in [4.78, 5) is 8.59. The van der Waals surface area contributed by atoms with Gasteiger partial charge >= 0.3 is 0 Å². The van der Waals surface area contributed by atoms with E-state index < -0.39 is 0 Å². The zero-order chi connectivity index (χ0) is 19.8. The molecule has 0 aliphatic heterocycles. The molecular weight excluding hydrogens is 352 g/mol. The number of nitrogens with zero attached hydrogens (tertiary/aromatic N) is 2. The predicted octanol–water partition coefficient (Wildman–Crippen LogP) is 3.30. The minimum Gasteiger partial charge on any atom is -0.497 e. The maximum Gasteiger partial charge on any atom is 0.161 e. The van der Waals surface area contributed by atoms with E-state index >= 15 is 0 Å². The fourth-order valence-electron chi connectivity index (χ4n) is 2.37. The maximum absolute atomic E-state index is 5.29. The first-order chi connectivity index (χ1) is 13.7. The Morgan fingerprint density at radius 1 is 0.679 bits per heavy atom. The highest BCUT2D eigenvalue weighted by Gasteiger charge is 2.03.